The fourth-order valence-electron chi connectivity index (χ4n) is 4.62. The lowest BCUT2D eigenvalue weighted by atomic mass is 9.94. The van der Waals surface area contributed by atoms with Gasteiger partial charge in [-0.25, -0.2) is 14.6 Å². The van der Waals surface area contributed by atoms with Crippen LogP contribution in [0.4, 0.5) is 14.6 Å². The van der Waals surface area contributed by atoms with Gasteiger partial charge in [0.1, 0.15) is 11.9 Å². The number of hydrogen-bond donors (Lipinski definition) is 2. The van der Waals surface area contributed by atoms with Gasteiger partial charge >= 0.3 is 6.55 Å². The Balaban J connectivity index is 1.31. The number of allylic oxidation sites excluding steroid dienone is 4. The molecule has 9 nitrogen and oxygen atoms in total. The zero-order chi connectivity index (χ0) is 28.1. The van der Waals surface area contributed by atoms with Crippen molar-refractivity contribution in [2.75, 3.05) is 37.3 Å². The van der Waals surface area contributed by atoms with Gasteiger partial charge in [-0.15, -0.1) is 11.8 Å². The van der Waals surface area contributed by atoms with Crippen molar-refractivity contribution >= 4 is 34.9 Å². The quantitative estimate of drug-likeness (QED) is 0.235. The minimum absolute atomic E-state index is 0.142. The van der Waals surface area contributed by atoms with Gasteiger partial charge in [-0.2, -0.15) is 19.1 Å². The molecule has 0 aliphatic carbocycles. The van der Waals surface area contributed by atoms with Crippen molar-refractivity contribution in [3.63, 3.8) is 0 Å². The fourth-order valence-corrected chi connectivity index (χ4v) is 4.98. The molecule has 0 amide bonds. The van der Waals surface area contributed by atoms with E-state index in [1.165, 1.54) is 18.0 Å². The average Bonchev–Trinajstić information content (AvgIpc) is 3.50. The summed E-state index contributed by atoms with van der Waals surface area (Å²) in [5.74, 6) is 0.853. The highest BCUT2D eigenvalue weighted by atomic mass is 32.2. The van der Waals surface area contributed by atoms with Gasteiger partial charge in [0, 0.05) is 86.0 Å². The molecular weight excluding hydrogens is 532 g/mol. The molecule has 0 aromatic carbocycles. The second kappa shape index (κ2) is 12.2. The van der Waals surface area contributed by atoms with Crippen molar-refractivity contribution in [3.8, 4) is 6.07 Å². The predicted molar refractivity (Wildman–Crippen MR) is 152 cm³/mol. The van der Waals surface area contributed by atoms with Gasteiger partial charge in [-0.1, -0.05) is 6.07 Å². The Morgan fingerprint density at radius 1 is 1.12 bits per heavy atom. The maximum atomic E-state index is 13.0. The summed E-state index contributed by atoms with van der Waals surface area (Å²) in [4.78, 5) is 13.8. The van der Waals surface area contributed by atoms with E-state index in [1.807, 2.05) is 30.7 Å². The maximum Gasteiger partial charge on any atom is 0.333 e. The first-order valence-corrected chi connectivity index (χ1v) is 13.8. The van der Waals surface area contributed by atoms with Crippen molar-refractivity contribution in [2.24, 2.45) is 0 Å². The fraction of sp³-hybridized carbons (Fsp3) is 0.250. The van der Waals surface area contributed by atoms with Gasteiger partial charge in [0.2, 0.25) is 0 Å². The largest absolute Gasteiger partial charge is 0.359 e. The van der Waals surface area contributed by atoms with Crippen molar-refractivity contribution in [1.82, 2.24) is 30.0 Å². The van der Waals surface area contributed by atoms with Crippen LogP contribution in [0, 0.1) is 16.7 Å². The molecule has 2 aliphatic heterocycles. The number of rotatable bonds is 8. The third kappa shape index (κ3) is 5.95. The molecule has 2 aliphatic rings. The number of thioether (sulfide) groups is 1. The van der Waals surface area contributed by atoms with Crippen LogP contribution in [-0.2, 0) is 6.54 Å². The normalized spacial score (nSPS) is 17.1. The Morgan fingerprint density at radius 3 is 2.55 bits per heavy atom. The maximum absolute atomic E-state index is 13.0. The summed E-state index contributed by atoms with van der Waals surface area (Å²) < 4.78 is 26.7. The van der Waals surface area contributed by atoms with Crippen LogP contribution < -0.4 is 10.2 Å². The monoisotopic (exact) mass is 559 g/mol. The van der Waals surface area contributed by atoms with E-state index in [1.54, 1.807) is 30.2 Å². The Labute approximate surface area is 235 Å². The molecule has 1 fully saturated rings. The number of piperazine rings is 1. The topological polar surface area (TPSA) is 110 Å². The van der Waals surface area contributed by atoms with Crippen LogP contribution in [0.5, 0.6) is 0 Å². The number of nitriles is 1. The number of aromatic nitrogens is 4. The molecule has 3 aromatic heterocycles. The number of nitrogens with zero attached hydrogens (tertiary/aromatic N) is 7. The predicted octanol–water partition coefficient (Wildman–Crippen LogP) is 4.57. The second-order valence-corrected chi connectivity index (χ2v) is 10.0. The molecular formula is C28H27F2N9S. The SMILES string of the molecule is CSc1ccc(CN2CCN(c3ccc(C4=CC(c5cnn(C(F)F)c5)=CN/C4=C(/C#N)C=N)cn3)CC2)cn1. The highest BCUT2D eigenvalue weighted by Gasteiger charge is 2.21. The third-order valence-corrected chi connectivity index (χ3v) is 7.44. The molecule has 0 spiro atoms. The molecule has 1 saturated heterocycles. The minimum Gasteiger partial charge on any atom is -0.359 e. The van der Waals surface area contributed by atoms with Crippen LogP contribution in [-0.4, -0.2) is 63.3 Å². The second-order valence-electron chi connectivity index (χ2n) is 9.21. The highest BCUT2D eigenvalue weighted by Crippen LogP contribution is 2.32. The van der Waals surface area contributed by atoms with Crippen LogP contribution in [0.25, 0.3) is 11.1 Å². The van der Waals surface area contributed by atoms with Gasteiger partial charge in [0.15, 0.2) is 0 Å². The number of alkyl halides is 2. The van der Waals surface area contributed by atoms with Crippen LogP contribution in [0.1, 0.15) is 23.2 Å². The minimum atomic E-state index is -2.74. The molecule has 0 atom stereocenters. The van der Waals surface area contributed by atoms with Gasteiger partial charge in [-0.05, 0) is 36.1 Å². The Kier molecular flexibility index (Phi) is 8.33. The van der Waals surface area contributed by atoms with E-state index in [0.29, 0.717) is 27.1 Å². The van der Waals surface area contributed by atoms with E-state index in [0.717, 1.165) is 55.3 Å². The summed E-state index contributed by atoms with van der Waals surface area (Å²) in [7, 11) is 0. The van der Waals surface area contributed by atoms with Gasteiger partial charge in [-0.3, -0.25) is 4.90 Å². The Bertz CT molecular complexity index is 1490. The molecule has 3 aromatic rings. The van der Waals surface area contributed by atoms with Crippen LogP contribution in [0.15, 0.2) is 77.6 Å². The molecule has 2 N–H and O–H groups in total. The molecule has 40 heavy (non-hydrogen) atoms. The van der Waals surface area contributed by atoms with E-state index in [-0.39, 0.29) is 5.57 Å². The number of hydrogen-bond acceptors (Lipinski definition) is 9. The zero-order valence-electron chi connectivity index (χ0n) is 21.8. The van der Waals surface area contributed by atoms with Gasteiger partial charge < -0.3 is 15.6 Å². The lowest BCUT2D eigenvalue weighted by molar-refractivity contribution is 0.0566. The van der Waals surface area contributed by atoms with E-state index in [2.05, 4.69) is 37.3 Å². The first-order chi connectivity index (χ1) is 19.5. The standard InChI is InChI=1S/C28H27F2N9S/c1-40-26-5-2-19(13-34-26)17-37-6-8-38(9-7-37)25-4-3-20(14-33-25)24-10-21(15-35-27(24)22(11-31)12-32)23-16-36-39(18-23)28(29)30/h2-5,10-11,13-16,18,28,31,35H,6-9,17H2,1H3/b27-22+,31-11?. The molecule has 0 saturated carbocycles. The molecule has 12 heteroatoms. The summed E-state index contributed by atoms with van der Waals surface area (Å²) in [6.07, 6.45) is 12.7. The summed E-state index contributed by atoms with van der Waals surface area (Å²) in [6, 6.07) is 10.1. The van der Waals surface area contributed by atoms with Crippen molar-refractivity contribution in [3.05, 3.63) is 89.3 Å². The van der Waals surface area contributed by atoms with Gasteiger partial charge in [0.25, 0.3) is 0 Å². The van der Waals surface area contributed by atoms with E-state index >= 15 is 0 Å². The molecule has 5 rings (SSSR count). The molecule has 0 unspecified atom stereocenters. The number of dihydropyridines is 1. The highest BCUT2D eigenvalue weighted by molar-refractivity contribution is 7.98. The van der Waals surface area contributed by atoms with Crippen LogP contribution in [0.3, 0.4) is 0 Å². The number of anilines is 1. The van der Waals surface area contributed by atoms with Crippen molar-refractivity contribution in [2.45, 2.75) is 18.1 Å². The lowest BCUT2D eigenvalue weighted by Crippen LogP contribution is -2.46. The molecule has 0 bridgehead atoms. The number of pyridine rings is 2. The lowest BCUT2D eigenvalue weighted by Gasteiger charge is -2.35. The third-order valence-electron chi connectivity index (χ3n) is 6.78. The Hall–Kier alpha value is -4.34. The summed E-state index contributed by atoms with van der Waals surface area (Å²) in [6.45, 7) is 1.60. The average molecular weight is 560 g/mol. The van der Waals surface area contributed by atoms with Crippen LogP contribution >= 0.6 is 11.8 Å². The number of halogens is 2. The first-order valence-electron chi connectivity index (χ1n) is 12.6. The molecule has 0 radical (unpaired) electrons. The van der Waals surface area contributed by atoms with E-state index in [9.17, 15) is 14.0 Å². The summed E-state index contributed by atoms with van der Waals surface area (Å²) in [5.41, 5.74) is 4.26. The number of nitrogens with one attached hydrogen (secondary N) is 2. The zero-order valence-corrected chi connectivity index (χ0v) is 22.6. The summed E-state index contributed by atoms with van der Waals surface area (Å²) >= 11 is 1.63. The van der Waals surface area contributed by atoms with Gasteiger partial charge in [0.05, 0.1) is 22.5 Å². The molecule has 204 valence electrons. The summed E-state index contributed by atoms with van der Waals surface area (Å²) in [5, 5.41) is 25.0. The van der Waals surface area contributed by atoms with Crippen molar-refractivity contribution < 1.29 is 8.78 Å². The van der Waals surface area contributed by atoms with Crippen LogP contribution in [0.2, 0.25) is 0 Å². The smallest absolute Gasteiger partial charge is 0.333 e. The first kappa shape index (κ1) is 27.2. The molecule has 5 heterocycles. The van der Waals surface area contributed by atoms with Crippen molar-refractivity contribution in [1.29, 1.82) is 10.7 Å². The Morgan fingerprint density at radius 2 is 1.95 bits per heavy atom. The van der Waals surface area contributed by atoms with E-state index in [4.69, 9.17) is 10.4 Å². The van der Waals surface area contributed by atoms with E-state index < -0.39 is 6.55 Å².